The van der Waals surface area contributed by atoms with Gasteiger partial charge in [0.25, 0.3) is 0 Å². The minimum atomic E-state index is 0.431. The van der Waals surface area contributed by atoms with Gasteiger partial charge in [-0.2, -0.15) is 0 Å². The van der Waals surface area contributed by atoms with Gasteiger partial charge >= 0.3 is 0 Å². The predicted octanol–water partition coefficient (Wildman–Crippen LogP) is 3.49. The monoisotopic (exact) mass is 267 g/mol. The first-order valence-electron chi connectivity index (χ1n) is 7.31. The van der Waals surface area contributed by atoms with E-state index in [0.717, 1.165) is 29.3 Å². The van der Waals surface area contributed by atoms with Gasteiger partial charge in [-0.05, 0) is 45.7 Å². The van der Waals surface area contributed by atoms with Gasteiger partial charge in [0, 0.05) is 28.6 Å². The Labute approximate surface area is 120 Å². The average molecular weight is 267 g/mol. The van der Waals surface area contributed by atoms with E-state index < -0.39 is 0 Å². The molecule has 2 aromatic rings. The Kier molecular flexibility index (Phi) is 3.53. The lowest BCUT2D eigenvalue weighted by molar-refractivity contribution is 0.630. The van der Waals surface area contributed by atoms with E-state index in [1.54, 1.807) is 0 Å². The van der Waals surface area contributed by atoms with Crippen molar-refractivity contribution >= 4 is 0 Å². The smallest absolute Gasteiger partial charge is 0.159 e. The van der Waals surface area contributed by atoms with Crippen LogP contribution in [0.1, 0.15) is 41.4 Å². The molecule has 0 bridgehead atoms. The number of nitrogens with zero attached hydrogens (tertiary/aromatic N) is 2. The topological polar surface area (TPSA) is 37.8 Å². The first-order valence-corrected chi connectivity index (χ1v) is 7.31. The van der Waals surface area contributed by atoms with Gasteiger partial charge in [0.05, 0.1) is 0 Å². The van der Waals surface area contributed by atoms with Crippen LogP contribution >= 0.6 is 0 Å². The lowest BCUT2D eigenvalue weighted by Crippen LogP contribution is -2.17. The minimum Gasteiger partial charge on any atom is -0.310 e. The molecular weight excluding hydrogens is 246 g/mol. The Morgan fingerprint density at radius 1 is 1.05 bits per heavy atom. The number of hydrogen-bond acceptors (Lipinski definition) is 3. The average Bonchev–Trinajstić information content (AvgIpc) is 2.92. The van der Waals surface area contributed by atoms with Gasteiger partial charge in [0.15, 0.2) is 5.82 Å². The molecule has 0 amide bonds. The molecule has 1 fully saturated rings. The summed E-state index contributed by atoms with van der Waals surface area (Å²) in [4.78, 5) is 9.52. The Bertz CT molecular complexity index is 605. The van der Waals surface area contributed by atoms with Crippen molar-refractivity contribution in [1.29, 1.82) is 0 Å². The van der Waals surface area contributed by atoms with Crippen molar-refractivity contribution in [3.8, 4) is 11.4 Å². The number of hydrogen-bond donors (Lipinski definition) is 1. The molecule has 0 spiro atoms. The van der Waals surface area contributed by atoms with Gasteiger partial charge in [-0.1, -0.05) is 24.3 Å². The molecule has 0 radical (unpaired) electrons. The molecule has 1 saturated heterocycles. The highest BCUT2D eigenvalue weighted by Crippen LogP contribution is 2.29. The molecule has 3 rings (SSSR count). The molecule has 1 aliphatic rings. The summed E-state index contributed by atoms with van der Waals surface area (Å²) in [5.41, 5.74) is 5.85. The Morgan fingerprint density at radius 2 is 1.75 bits per heavy atom. The highest BCUT2D eigenvalue weighted by atomic mass is 15.0. The molecule has 0 saturated carbocycles. The van der Waals surface area contributed by atoms with E-state index in [1.165, 1.54) is 24.0 Å². The van der Waals surface area contributed by atoms with Crippen molar-refractivity contribution < 1.29 is 0 Å². The summed E-state index contributed by atoms with van der Waals surface area (Å²) >= 11 is 0. The molecule has 2 heterocycles. The Balaban J connectivity index is 2.06. The third-order valence-corrected chi connectivity index (χ3v) is 4.12. The summed E-state index contributed by atoms with van der Waals surface area (Å²) in [5, 5.41) is 3.55. The van der Waals surface area contributed by atoms with Crippen molar-refractivity contribution in [3.05, 3.63) is 46.8 Å². The quantitative estimate of drug-likeness (QED) is 0.905. The van der Waals surface area contributed by atoms with Crippen LogP contribution in [-0.4, -0.2) is 16.5 Å². The molecule has 1 aromatic carbocycles. The van der Waals surface area contributed by atoms with Crippen molar-refractivity contribution in [2.45, 2.75) is 39.7 Å². The SMILES string of the molecule is Cc1ccccc1-c1nc(C)c(C2CCCN2)c(C)n1. The second kappa shape index (κ2) is 5.33. The van der Waals surface area contributed by atoms with Crippen LogP contribution in [-0.2, 0) is 0 Å². The van der Waals surface area contributed by atoms with Crippen LogP contribution < -0.4 is 5.32 Å². The number of aryl methyl sites for hydroxylation is 3. The maximum absolute atomic E-state index is 4.76. The molecule has 3 nitrogen and oxygen atoms in total. The summed E-state index contributed by atoms with van der Waals surface area (Å²) in [6.45, 7) is 7.41. The fourth-order valence-corrected chi connectivity index (χ4v) is 3.10. The van der Waals surface area contributed by atoms with Gasteiger partial charge in [-0.3, -0.25) is 0 Å². The molecule has 3 heteroatoms. The van der Waals surface area contributed by atoms with Crippen LogP contribution in [0.2, 0.25) is 0 Å². The van der Waals surface area contributed by atoms with Gasteiger partial charge in [0.2, 0.25) is 0 Å². The molecule has 0 aliphatic carbocycles. The number of aromatic nitrogens is 2. The highest BCUT2D eigenvalue weighted by Gasteiger charge is 2.22. The first-order chi connectivity index (χ1) is 9.66. The maximum atomic E-state index is 4.76. The van der Waals surface area contributed by atoms with E-state index in [2.05, 4.69) is 44.3 Å². The summed E-state index contributed by atoms with van der Waals surface area (Å²) < 4.78 is 0. The fraction of sp³-hybridized carbons (Fsp3) is 0.412. The zero-order chi connectivity index (χ0) is 14.1. The number of benzene rings is 1. The normalized spacial score (nSPS) is 18.4. The molecular formula is C17H21N3. The van der Waals surface area contributed by atoms with Crippen LogP contribution in [0.15, 0.2) is 24.3 Å². The predicted molar refractivity (Wildman–Crippen MR) is 81.7 cm³/mol. The molecule has 20 heavy (non-hydrogen) atoms. The van der Waals surface area contributed by atoms with Crippen LogP contribution in [0.4, 0.5) is 0 Å². The highest BCUT2D eigenvalue weighted by molar-refractivity contribution is 5.60. The van der Waals surface area contributed by atoms with Crippen molar-refractivity contribution in [2.24, 2.45) is 0 Å². The van der Waals surface area contributed by atoms with Gasteiger partial charge in [0.1, 0.15) is 0 Å². The molecule has 1 unspecified atom stereocenters. The zero-order valence-electron chi connectivity index (χ0n) is 12.4. The lowest BCUT2D eigenvalue weighted by Gasteiger charge is -2.17. The third-order valence-electron chi connectivity index (χ3n) is 4.12. The van der Waals surface area contributed by atoms with Crippen molar-refractivity contribution in [1.82, 2.24) is 15.3 Å². The largest absolute Gasteiger partial charge is 0.310 e. The van der Waals surface area contributed by atoms with E-state index >= 15 is 0 Å². The number of rotatable bonds is 2. The van der Waals surface area contributed by atoms with Crippen LogP contribution in [0.5, 0.6) is 0 Å². The van der Waals surface area contributed by atoms with Crippen LogP contribution in [0.3, 0.4) is 0 Å². The van der Waals surface area contributed by atoms with Gasteiger partial charge in [-0.15, -0.1) is 0 Å². The third kappa shape index (κ3) is 2.34. The molecule has 104 valence electrons. The van der Waals surface area contributed by atoms with E-state index in [9.17, 15) is 0 Å². The minimum absolute atomic E-state index is 0.431. The number of nitrogens with one attached hydrogen (secondary N) is 1. The van der Waals surface area contributed by atoms with E-state index in [0.29, 0.717) is 6.04 Å². The summed E-state index contributed by atoms with van der Waals surface area (Å²) in [6, 6.07) is 8.73. The second-order valence-electron chi connectivity index (χ2n) is 5.60. The molecule has 1 aromatic heterocycles. The zero-order valence-corrected chi connectivity index (χ0v) is 12.4. The van der Waals surface area contributed by atoms with Crippen molar-refractivity contribution in [2.75, 3.05) is 6.54 Å². The first kappa shape index (κ1) is 13.3. The summed E-state index contributed by atoms with van der Waals surface area (Å²) in [7, 11) is 0. The van der Waals surface area contributed by atoms with Gasteiger partial charge < -0.3 is 5.32 Å². The summed E-state index contributed by atoms with van der Waals surface area (Å²) in [5.74, 6) is 0.847. The molecule has 1 atom stereocenters. The fourth-order valence-electron chi connectivity index (χ4n) is 3.10. The van der Waals surface area contributed by atoms with Crippen LogP contribution in [0, 0.1) is 20.8 Å². The lowest BCUT2D eigenvalue weighted by atomic mass is 10.0. The maximum Gasteiger partial charge on any atom is 0.159 e. The van der Waals surface area contributed by atoms with E-state index in [4.69, 9.17) is 9.97 Å². The Morgan fingerprint density at radius 3 is 2.35 bits per heavy atom. The van der Waals surface area contributed by atoms with Crippen LogP contribution in [0.25, 0.3) is 11.4 Å². The standard InChI is InChI=1S/C17H21N3/c1-11-7-4-5-8-14(11)17-19-12(2)16(13(3)20-17)15-9-6-10-18-15/h4-5,7-8,15,18H,6,9-10H2,1-3H3. The second-order valence-corrected chi connectivity index (χ2v) is 5.60. The molecule has 1 N–H and O–H groups in total. The molecule has 1 aliphatic heterocycles. The van der Waals surface area contributed by atoms with E-state index in [1.807, 2.05) is 6.07 Å². The summed E-state index contributed by atoms with van der Waals surface area (Å²) in [6.07, 6.45) is 2.43. The van der Waals surface area contributed by atoms with Gasteiger partial charge in [-0.25, -0.2) is 9.97 Å². The van der Waals surface area contributed by atoms with E-state index in [-0.39, 0.29) is 0 Å². The van der Waals surface area contributed by atoms with Crippen molar-refractivity contribution in [3.63, 3.8) is 0 Å². The Hall–Kier alpha value is -1.74.